The fourth-order valence-corrected chi connectivity index (χ4v) is 8.60. The molecule has 0 bridgehead atoms. The molecule has 0 amide bonds. The van der Waals surface area contributed by atoms with Crippen molar-refractivity contribution in [2.45, 2.75) is 105 Å². The molecular weight excluding hydrogens is 368 g/mol. The standard InChI is InChI=1S/C28H46O2/c1-17(2)18(3)15-26(30)19(4)23-9-10-24-22-8-7-20-16-21(29)11-13-27(20,5)25(22)12-14-28(23,24)6/h16-19,22-26,30H,7-15H2,1-6H3/t18-,19-,22-,23+,24-,25-,26-,27-,28+/m0/s1. The predicted octanol–water partition coefficient (Wildman–Crippen LogP) is 6.81. The molecule has 0 spiro atoms. The van der Waals surface area contributed by atoms with Crippen LogP contribution in [0.5, 0.6) is 0 Å². The number of aliphatic hydroxyl groups excluding tert-OH is 1. The first-order chi connectivity index (χ1) is 14.1. The SMILES string of the molecule is CC(C)[C@@H](C)C[C@H](O)[C@@H](C)[C@H]1CC[C@H]2[C@@H]3CCC4=CC(=O)CC[C@]4(C)[C@H]3CC[C@]12C. The van der Waals surface area contributed by atoms with Gasteiger partial charge >= 0.3 is 0 Å². The fourth-order valence-electron chi connectivity index (χ4n) is 8.60. The van der Waals surface area contributed by atoms with E-state index in [1.54, 1.807) is 0 Å². The molecule has 170 valence electrons. The first kappa shape index (κ1) is 22.6. The van der Waals surface area contributed by atoms with Gasteiger partial charge < -0.3 is 5.11 Å². The van der Waals surface area contributed by atoms with Crippen molar-refractivity contribution in [1.82, 2.24) is 0 Å². The Morgan fingerprint density at radius 1 is 1.00 bits per heavy atom. The lowest BCUT2D eigenvalue weighted by Crippen LogP contribution is -2.51. The van der Waals surface area contributed by atoms with E-state index >= 15 is 0 Å². The van der Waals surface area contributed by atoms with Crippen LogP contribution in [0.2, 0.25) is 0 Å². The molecule has 4 aliphatic carbocycles. The van der Waals surface area contributed by atoms with Crippen molar-refractivity contribution in [2.24, 2.45) is 52.3 Å². The van der Waals surface area contributed by atoms with E-state index in [-0.39, 0.29) is 11.5 Å². The summed E-state index contributed by atoms with van der Waals surface area (Å²) in [6, 6.07) is 0. The van der Waals surface area contributed by atoms with Gasteiger partial charge in [-0.05, 0) is 110 Å². The van der Waals surface area contributed by atoms with Gasteiger partial charge in [0.2, 0.25) is 0 Å². The number of hydrogen-bond acceptors (Lipinski definition) is 2. The second-order valence-electron chi connectivity index (χ2n) is 12.6. The van der Waals surface area contributed by atoms with E-state index in [0.717, 1.165) is 43.4 Å². The Labute approximate surface area is 185 Å². The van der Waals surface area contributed by atoms with Crippen LogP contribution in [-0.2, 0) is 4.79 Å². The summed E-state index contributed by atoms with van der Waals surface area (Å²) in [6.45, 7) is 14.3. The lowest BCUT2D eigenvalue weighted by Gasteiger charge is -2.58. The number of ketones is 1. The third-order valence-electron chi connectivity index (χ3n) is 11.0. The van der Waals surface area contributed by atoms with Gasteiger partial charge in [-0.3, -0.25) is 4.79 Å². The molecule has 3 fully saturated rings. The summed E-state index contributed by atoms with van der Waals surface area (Å²) in [6.07, 6.45) is 12.4. The highest BCUT2D eigenvalue weighted by molar-refractivity contribution is 5.91. The summed E-state index contributed by atoms with van der Waals surface area (Å²) in [5.74, 6) is 5.06. The number of allylic oxidation sites excluding steroid dienone is 1. The van der Waals surface area contributed by atoms with Gasteiger partial charge in [0, 0.05) is 6.42 Å². The molecule has 30 heavy (non-hydrogen) atoms. The van der Waals surface area contributed by atoms with Gasteiger partial charge in [0.1, 0.15) is 0 Å². The van der Waals surface area contributed by atoms with E-state index < -0.39 is 0 Å². The Bertz CT molecular complexity index is 693. The zero-order valence-electron chi connectivity index (χ0n) is 20.4. The van der Waals surface area contributed by atoms with Gasteiger partial charge in [-0.1, -0.05) is 47.1 Å². The molecule has 0 aromatic rings. The van der Waals surface area contributed by atoms with Crippen LogP contribution >= 0.6 is 0 Å². The average Bonchev–Trinajstić information content (AvgIpc) is 3.04. The molecule has 0 aromatic heterocycles. The van der Waals surface area contributed by atoms with Crippen LogP contribution in [0, 0.1) is 52.3 Å². The molecular formula is C28H46O2. The highest BCUT2D eigenvalue weighted by Gasteiger charge is 2.59. The van der Waals surface area contributed by atoms with Crippen molar-refractivity contribution < 1.29 is 9.90 Å². The third kappa shape index (κ3) is 3.54. The van der Waals surface area contributed by atoms with Crippen molar-refractivity contribution in [1.29, 1.82) is 0 Å². The Balaban J connectivity index is 1.51. The summed E-state index contributed by atoms with van der Waals surface area (Å²) in [5, 5.41) is 11.1. The number of hydrogen-bond donors (Lipinski definition) is 1. The van der Waals surface area contributed by atoms with E-state index in [2.05, 4.69) is 41.5 Å². The van der Waals surface area contributed by atoms with Gasteiger partial charge in [-0.2, -0.15) is 0 Å². The molecule has 1 N–H and O–H groups in total. The van der Waals surface area contributed by atoms with Crippen LogP contribution < -0.4 is 0 Å². The molecule has 4 rings (SSSR count). The van der Waals surface area contributed by atoms with Gasteiger partial charge in [-0.25, -0.2) is 0 Å². The van der Waals surface area contributed by atoms with Crippen molar-refractivity contribution >= 4 is 5.78 Å². The maximum absolute atomic E-state index is 12.1. The molecule has 0 aliphatic heterocycles. The fraction of sp³-hybridized carbons (Fsp3) is 0.893. The monoisotopic (exact) mass is 414 g/mol. The predicted molar refractivity (Wildman–Crippen MR) is 124 cm³/mol. The van der Waals surface area contributed by atoms with Crippen LogP contribution in [-0.4, -0.2) is 17.0 Å². The lowest BCUT2D eigenvalue weighted by molar-refractivity contribution is -0.117. The molecule has 0 unspecified atom stereocenters. The first-order valence-corrected chi connectivity index (χ1v) is 13.0. The average molecular weight is 415 g/mol. The van der Waals surface area contributed by atoms with Crippen LogP contribution in [0.15, 0.2) is 11.6 Å². The Morgan fingerprint density at radius 3 is 2.43 bits per heavy atom. The van der Waals surface area contributed by atoms with Crippen molar-refractivity contribution in [3.8, 4) is 0 Å². The summed E-state index contributed by atoms with van der Waals surface area (Å²) in [7, 11) is 0. The maximum Gasteiger partial charge on any atom is 0.155 e. The Morgan fingerprint density at radius 2 is 1.73 bits per heavy atom. The van der Waals surface area contributed by atoms with Gasteiger partial charge in [-0.15, -0.1) is 0 Å². The van der Waals surface area contributed by atoms with E-state index in [1.807, 2.05) is 6.08 Å². The van der Waals surface area contributed by atoms with Crippen molar-refractivity contribution in [3.05, 3.63) is 11.6 Å². The molecule has 3 saturated carbocycles. The quantitative estimate of drug-likeness (QED) is 0.536. The second kappa shape index (κ2) is 8.05. The van der Waals surface area contributed by atoms with Crippen LogP contribution in [0.3, 0.4) is 0 Å². The molecule has 2 heteroatoms. The highest BCUT2D eigenvalue weighted by atomic mass is 16.3. The normalized spacial score (nSPS) is 44.0. The Hall–Kier alpha value is -0.630. The molecule has 2 nitrogen and oxygen atoms in total. The molecule has 0 radical (unpaired) electrons. The maximum atomic E-state index is 12.1. The van der Waals surface area contributed by atoms with Crippen LogP contribution in [0.25, 0.3) is 0 Å². The van der Waals surface area contributed by atoms with E-state index in [4.69, 9.17) is 0 Å². The summed E-state index contributed by atoms with van der Waals surface area (Å²) in [4.78, 5) is 12.1. The minimum atomic E-state index is -0.163. The smallest absolute Gasteiger partial charge is 0.155 e. The minimum absolute atomic E-state index is 0.163. The summed E-state index contributed by atoms with van der Waals surface area (Å²) >= 11 is 0. The second-order valence-corrected chi connectivity index (χ2v) is 12.6. The van der Waals surface area contributed by atoms with E-state index in [0.29, 0.717) is 34.9 Å². The largest absolute Gasteiger partial charge is 0.393 e. The van der Waals surface area contributed by atoms with E-state index in [9.17, 15) is 9.90 Å². The topological polar surface area (TPSA) is 37.3 Å². The lowest BCUT2D eigenvalue weighted by atomic mass is 9.46. The summed E-state index contributed by atoms with van der Waals surface area (Å²) < 4.78 is 0. The molecule has 0 heterocycles. The minimum Gasteiger partial charge on any atom is -0.393 e. The molecule has 0 saturated heterocycles. The zero-order valence-corrected chi connectivity index (χ0v) is 20.4. The van der Waals surface area contributed by atoms with Crippen molar-refractivity contribution in [3.63, 3.8) is 0 Å². The first-order valence-electron chi connectivity index (χ1n) is 13.0. The van der Waals surface area contributed by atoms with Gasteiger partial charge in [0.15, 0.2) is 5.78 Å². The number of rotatable bonds is 5. The number of carbonyl (C=O) groups excluding carboxylic acids is 1. The third-order valence-corrected chi connectivity index (χ3v) is 11.0. The van der Waals surface area contributed by atoms with Gasteiger partial charge in [0.25, 0.3) is 0 Å². The van der Waals surface area contributed by atoms with Crippen LogP contribution in [0.4, 0.5) is 0 Å². The number of aliphatic hydroxyl groups is 1. The van der Waals surface area contributed by atoms with Crippen molar-refractivity contribution in [2.75, 3.05) is 0 Å². The Kier molecular flexibility index (Phi) is 6.06. The summed E-state index contributed by atoms with van der Waals surface area (Å²) in [5.41, 5.74) is 2.14. The molecule has 9 atom stereocenters. The number of carbonyl (C=O) groups is 1. The van der Waals surface area contributed by atoms with Crippen LogP contribution in [0.1, 0.15) is 99.3 Å². The molecule has 0 aromatic carbocycles. The van der Waals surface area contributed by atoms with Gasteiger partial charge in [0.05, 0.1) is 6.10 Å². The molecule has 4 aliphatic rings. The number of fused-ring (bicyclic) bond motifs is 5. The highest BCUT2D eigenvalue weighted by Crippen LogP contribution is 2.67. The zero-order chi connectivity index (χ0) is 21.8. The van der Waals surface area contributed by atoms with E-state index in [1.165, 1.54) is 37.7 Å².